The molecule has 0 atom stereocenters. The van der Waals surface area contributed by atoms with Gasteiger partial charge in [0.25, 0.3) is 0 Å². The van der Waals surface area contributed by atoms with Crippen LogP contribution < -0.4 is 15.5 Å². The normalized spacial score (nSPS) is 19.5. The molecule has 0 bridgehead atoms. The van der Waals surface area contributed by atoms with E-state index in [1.807, 2.05) is 6.20 Å². The van der Waals surface area contributed by atoms with Gasteiger partial charge in [0.2, 0.25) is 0 Å². The molecule has 0 aromatic carbocycles. The predicted octanol–water partition coefficient (Wildman–Crippen LogP) is 2.54. The fourth-order valence-electron chi connectivity index (χ4n) is 4.41. The van der Waals surface area contributed by atoms with Crippen LogP contribution in [-0.2, 0) is 6.54 Å². The number of nitrogens with zero attached hydrogens (tertiary/aromatic N) is 5. The van der Waals surface area contributed by atoms with Crippen LogP contribution in [0.5, 0.6) is 0 Å². The Hall–Kier alpha value is -1.86. The molecule has 0 aliphatic carbocycles. The number of nitrogens with one attached hydrogen (secondary N) is 2. The third-order valence-electron chi connectivity index (χ3n) is 6.62. The van der Waals surface area contributed by atoms with Gasteiger partial charge in [0.15, 0.2) is 5.96 Å². The number of hydrogen-bond donors (Lipinski definition) is 2. The first-order valence-corrected chi connectivity index (χ1v) is 12.2. The molecule has 0 unspecified atom stereocenters. The molecule has 3 rings (SSSR count). The van der Waals surface area contributed by atoms with Crippen molar-refractivity contribution in [2.24, 2.45) is 4.99 Å². The van der Waals surface area contributed by atoms with E-state index in [2.05, 4.69) is 65.2 Å². The lowest BCUT2D eigenvalue weighted by Gasteiger charge is -2.41. The summed E-state index contributed by atoms with van der Waals surface area (Å²) in [6.45, 7) is 19.3. The molecule has 2 aliphatic heterocycles. The zero-order valence-corrected chi connectivity index (χ0v) is 20.2. The number of likely N-dealkylation sites (N-methyl/N-ethyl adjacent to an activating group) is 1. The number of likely N-dealkylation sites (tertiary alicyclic amines) is 1. The van der Waals surface area contributed by atoms with Crippen LogP contribution in [0.3, 0.4) is 0 Å². The summed E-state index contributed by atoms with van der Waals surface area (Å²) in [5, 5.41) is 6.95. The molecule has 1 aromatic rings. The fourth-order valence-corrected chi connectivity index (χ4v) is 4.41. The third kappa shape index (κ3) is 7.07. The van der Waals surface area contributed by atoms with E-state index in [0.717, 1.165) is 63.2 Å². The highest BCUT2D eigenvalue weighted by Crippen LogP contribution is 2.20. The second-order valence-electron chi connectivity index (χ2n) is 9.35. The van der Waals surface area contributed by atoms with Crippen molar-refractivity contribution in [1.29, 1.82) is 0 Å². The topological polar surface area (TPSA) is 59.0 Å². The van der Waals surface area contributed by atoms with Gasteiger partial charge in [-0.3, -0.25) is 4.90 Å². The molecule has 0 saturated carbocycles. The molecule has 0 amide bonds. The number of piperidine rings is 1. The van der Waals surface area contributed by atoms with E-state index in [1.54, 1.807) is 0 Å². The van der Waals surface area contributed by atoms with E-state index in [0.29, 0.717) is 6.54 Å². The van der Waals surface area contributed by atoms with Gasteiger partial charge in [-0.25, -0.2) is 9.98 Å². The van der Waals surface area contributed by atoms with E-state index < -0.39 is 0 Å². The second kappa shape index (κ2) is 11.7. The molecule has 2 fully saturated rings. The molecule has 2 saturated heterocycles. The number of piperazine rings is 1. The van der Waals surface area contributed by atoms with Gasteiger partial charge in [-0.15, -0.1) is 0 Å². The van der Waals surface area contributed by atoms with Crippen LogP contribution in [0.4, 0.5) is 5.82 Å². The van der Waals surface area contributed by atoms with Gasteiger partial charge in [-0.2, -0.15) is 0 Å². The molecular weight excluding hydrogens is 386 g/mol. The van der Waals surface area contributed by atoms with Crippen LogP contribution >= 0.6 is 0 Å². The van der Waals surface area contributed by atoms with Gasteiger partial charge in [0.05, 0.1) is 6.54 Å². The van der Waals surface area contributed by atoms with Gasteiger partial charge in [0.1, 0.15) is 5.82 Å². The van der Waals surface area contributed by atoms with Crippen molar-refractivity contribution in [3.8, 4) is 0 Å². The van der Waals surface area contributed by atoms with E-state index >= 15 is 0 Å². The maximum atomic E-state index is 4.81. The summed E-state index contributed by atoms with van der Waals surface area (Å²) < 4.78 is 0. The summed E-state index contributed by atoms with van der Waals surface area (Å²) in [5.74, 6) is 1.96. The van der Waals surface area contributed by atoms with Crippen LogP contribution in [0.2, 0.25) is 0 Å². The summed E-state index contributed by atoms with van der Waals surface area (Å²) in [7, 11) is 0. The summed E-state index contributed by atoms with van der Waals surface area (Å²) in [5.41, 5.74) is 1.27. The monoisotopic (exact) mass is 429 g/mol. The Morgan fingerprint density at radius 2 is 1.74 bits per heavy atom. The lowest BCUT2D eigenvalue weighted by Crippen LogP contribution is -2.54. The number of hydrogen-bond acceptors (Lipinski definition) is 5. The third-order valence-corrected chi connectivity index (χ3v) is 6.62. The zero-order chi connectivity index (χ0) is 22.1. The minimum absolute atomic E-state index is 0.127. The number of guanidine groups is 1. The highest BCUT2D eigenvalue weighted by atomic mass is 15.3. The van der Waals surface area contributed by atoms with Crippen molar-refractivity contribution in [2.45, 2.75) is 59.0 Å². The lowest BCUT2D eigenvalue weighted by molar-refractivity contribution is 0.0982. The first-order valence-electron chi connectivity index (χ1n) is 12.2. The SMILES string of the molecule is CCNC(=NCc1ccc(N2CCN(CC)CC2)nc1)NCC(C)(C)N1CCCCC1. The van der Waals surface area contributed by atoms with Crippen LogP contribution in [0.1, 0.15) is 52.5 Å². The number of aromatic nitrogens is 1. The largest absolute Gasteiger partial charge is 0.357 e. The van der Waals surface area contributed by atoms with Gasteiger partial charge >= 0.3 is 0 Å². The smallest absolute Gasteiger partial charge is 0.191 e. The summed E-state index contributed by atoms with van der Waals surface area (Å²) in [6.07, 6.45) is 5.97. The van der Waals surface area contributed by atoms with Crippen molar-refractivity contribution in [2.75, 3.05) is 63.8 Å². The Labute approximate surface area is 189 Å². The van der Waals surface area contributed by atoms with Crippen LogP contribution in [0.15, 0.2) is 23.3 Å². The minimum atomic E-state index is 0.127. The minimum Gasteiger partial charge on any atom is -0.357 e. The van der Waals surface area contributed by atoms with Crippen LogP contribution in [0, 0.1) is 0 Å². The van der Waals surface area contributed by atoms with Gasteiger partial charge in [-0.1, -0.05) is 19.4 Å². The number of anilines is 1. The quantitative estimate of drug-likeness (QED) is 0.489. The van der Waals surface area contributed by atoms with E-state index in [1.165, 1.54) is 32.4 Å². The molecule has 2 aliphatic rings. The Morgan fingerprint density at radius 3 is 2.35 bits per heavy atom. The molecule has 174 valence electrons. The first kappa shape index (κ1) is 23.8. The highest BCUT2D eigenvalue weighted by Gasteiger charge is 2.27. The van der Waals surface area contributed by atoms with Gasteiger partial charge in [-0.05, 0) is 64.9 Å². The average molecular weight is 430 g/mol. The molecule has 3 heterocycles. The average Bonchev–Trinajstić information content (AvgIpc) is 2.82. The van der Waals surface area contributed by atoms with Crippen molar-refractivity contribution in [3.05, 3.63) is 23.9 Å². The van der Waals surface area contributed by atoms with Crippen molar-refractivity contribution in [1.82, 2.24) is 25.4 Å². The number of pyridine rings is 1. The summed E-state index contributed by atoms with van der Waals surface area (Å²) in [4.78, 5) is 17.0. The molecule has 7 heteroatoms. The summed E-state index contributed by atoms with van der Waals surface area (Å²) >= 11 is 0. The van der Waals surface area contributed by atoms with E-state index in [-0.39, 0.29) is 5.54 Å². The van der Waals surface area contributed by atoms with Gasteiger partial charge < -0.3 is 20.4 Å². The van der Waals surface area contributed by atoms with Crippen molar-refractivity contribution in [3.63, 3.8) is 0 Å². The molecule has 0 radical (unpaired) electrons. The summed E-state index contributed by atoms with van der Waals surface area (Å²) in [6, 6.07) is 4.31. The molecule has 7 nitrogen and oxygen atoms in total. The van der Waals surface area contributed by atoms with Crippen LogP contribution in [0.25, 0.3) is 0 Å². The van der Waals surface area contributed by atoms with Crippen molar-refractivity contribution >= 4 is 11.8 Å². The standard InChI is InChI=1S/C24H43N7/c1-5-25-23(28-20-24(3,4)31-12-8-7-9-13-31)27-19-21-10-11-22(26-18-21)30-16-14-29(6-2)15-17-30/h10-11,18H,5-9,12-17,19-20H2,1-4H3,(H2,25,27,28). The van der Waals surface area contributed by atoms with E-state index in [9.17, 15) is 0 Å². The Balaban J connectivity index is 1.52. The first-order chi connectivity index (χ1) is 15.0. The maximum Gasteiger partial charge on any atom is 0.191 e. The molecular formula is C24H43N7. The molecule has 2 N–H and O–H groups in total. The Kier molecular flexibility index (Phi) is 8.96. The lowest BCUT2D eigenvalue weighted by atomic mass is 9.98. The number of rotatable bonds is 8. The Bertz CT molecular complexity index is 672. The fraction of sp³-hybridized carbons (Fsp3) is 0.750. The number of aliphatic imine (C=N–C) groups is 1. The van der Waals surface area contributed by atoms with Crippen LogP contribution in [-0.4, -0.2) is 85.2 Å². The van der Waals surface area contributed by atoms with Crippen molar-refractivity contribution < 1.29 is 0 Å². The maximum absolute atomic E-state index is 4.81. The Morgan fingerprint density at radius 1 is 1.00 bits per heavy atom. The molecule has 1 aromatic heterocycles. The zero-order valence-electron chi connectivity index (χ0n) is 20.2. The second-order valence-corrected chi connectivity index (χ2v) is 9.35. The highest BCUT2D eigenvalue weighted by molar-refractivity contribution is 5.79. The molecule has 0 spiro atoms. The van der Waals surface area contributed by atoms with Gasteiger partial charge in [0, 0.05) is 51.0 Å². The predicted molar refractivity (Wildman–Crippen MR) is 131 cm³/mol. The van der Waals surface area contributed by atoms with E-state index in [4.69, 9.17) is 9.98 Å². The molecule has 31 heavy (non-hydrogen) atoms.